The first-order chi connectivity index (χ1) is 11.7. The molecule has 0 spiro atoms. The minimum absolute atomic E-state index is 0. The van der Waals surface area contributed by atoms with Gasteiger partial charge in [0.15, 0.2) is 0 Å². The Hall–Kier alpha value is -1.66. The molecule has 7 heteroatoms. The van der Waals surface area contributed by atoms with Crippen molar-refractivity contribution in [2.24, 2.45) is 5.92 Å². The van der Waals surface area contributed by atoms with Gasteiger partial charge in [0, 0.05) is 32.0 Å². The van der Waals surface area contributed by atoms with Crippen LogP contribution in [0.5, 0.6) is 0 Å². The molecule has 2 saturated heterocycles. The summed E-state index contributed by atoms with van der Waals surface area (Å²) in [5.41, 5.74) is 0.949. The van der Waals surface area contributed by atoms with E-state index in [2.05, 4.69) is 15.6 Å². The average molecular weight is 367 g/mol. The Kier molecular flexibility index (Phi) is 7.65. The van der Waals surface area contributed by atoms with E-state index in [0.29, 0.717) is 18.9 Å². The van der Waals surface area contributed by atoms with E-state index >= 15 is 0 Å². The summed E-state index contributed by atoms with van der Waals surface area (Å²) in [6.45, 7) is 3.14. The summed E-state index contributed by atoms with van der Waals surface area (Å²) in [5.74, 6) is 0.602. The largest absolute Gasteiger partial charge is 0.354 e. The predicted octanol–water partition coefficient (Wildman–Crippen LogP) is 1.15. The number of carbonyl (C=O) groups excluding carboxylic acids is 2. The third kappa shape index (κ3) is 5.68. The Labute approximate surface area is 155 Å². The van der Waals surface area contributed by atoms with E-state index in [0.717, 1.165) is 50.9 Å². The van der Waals surface area contributed by atoms with Crippen molar-refractivity contribution < 1.29 is 9.59 Å². The van der Waals surface area contributed by atoms with E-state index in [1.165, 1.54) is 0 Å². The first kappa shape index (κ1) is 19.7. The van der Waals surface area contributed by atoms with Crippen LogP contribution in [0.25, 0.3) is 0 Å². The zero-order valence-electron chi connectivity index (χ0n) is 14.4. The molecule has 2 amide bonds. The van der Waals surface area contributed by atoms with E-state index < -0.39 is 0 Å². The van der Waals surface area contributed by atoms with Gasteiger partial charge in [-0.2, -0.15) is 0 Å². The summed E-state index contributed by atoms with van der Waals surface area (Å²) in [6, 6.07) is 3.76. The van der Waals surface area contributed by atoms with Crippen LogP contribution in [0, 0.1) is 5.92 Å². The zero-order chi connectivity index (χ0) is 16.8. The molecule has 138 valence electrons. The lowest BCUT2D eigenvalue weighted by molar-refractivity contribution is -0.132. The van der Waals surface area contributed by atoms with Gasteiger partial charge in [0.2, 0.25) is 11.8 Å². The minimum atomic E-state index is -0.0306. The third-order valence-electron chi connectivity index (χ3n) is 4.89. The highest BCUT2D eigenvalue weighted by Crippen LogP contribution is 2.17. The van der Waals surface area contributed by atoms with Crippen molar-refractivity contribution in [1.29, 1.82) is 0 Å². The van der Waals surface area contributed by atoms with Crippen LogP contribution in [-0.4, -0.2) is 53.9 Å². The normalized spacial score (nSPS) is 23.0. The molecule has 3 heterocycles. The molecule has 2 unspecified atom stereocenters. The first-order valence-electron chi connectivity index (χ1n) is 8.90. The number of halogens is 1. The smallest absolute Gasteiger partial charge is 0.237 e. The monoisotopic (exact) mass is 366 g/mol. The maximum atomic E-state index is 12.5. The molecule has 2 N–H and O–H groups in total. The summed E-state index contributed by atoms with van der Waals surface area (Å²) in [7, 11) is 0. The van der Waals surface area contributed by atoms with Gasteiger partial charge in [0.25, 0.3) is 0 Å². The van der Waals surface area contributed by atoms with Crippen molar-refractivity contribution in [3.05, 3.63) is 30.1 Å². The van der Waals surface area contributed by atoms with Crippen molar-refractivity contribution in [2.75, 3.05) is 26.2 Å². The zero-order valence-corrected chi connectivity index (χ0v) is 15.3. The fourth-order valence-electron chi connectivity index (χ4n) is 3.52. The number of pyridine rings is 1. The minimum Gasteiger partial charge on any atom is -0.354 e. The van der Waals surface area contributed by atoms with Gasteiger partial charge in [0.05, 0.1) is 12.5 Å². The maximum absolute atomic E-state index is 12.5. The van der Waals surface area contributed by atoms with Gasteiger partial charge in [0.1, 0.15) is 0 Å². The lowest BCUT2D eigenvalue weighted by Gasteiger charge is -2.33. The quantitative estimate of drug-likeness (QED) is 0.819. The lowest BCUT2D eigenvalue weighted by Crippen LogP contribution is -2.47. The maximum Gasteiger partial charge on any atom is 0.237 e. The molecule has 2 aliphatic heterocycles. The van der Waals surface area contributed by atoms with Gasteiger partial charge in [-0.05, 0) is 49.8 Å². The van der Waals surface area contributed by atoms with Gasteiger partial charge in [-0.1, -0.05) is 6.07 Å². The molecule has 2 atom stereocenters. The number of aromatic nitrogens is 1. The Morgan fingerprint density at radius 3 is 2.92 bits per heavy atom. The Balaban J connectivity index is 0.00000225. The molecule has 6 nitrogen and oxygen atoms in total. The molecule has 0 radical (unpaired) electrons. The number of likely N-dealkylation sites (tertiary alicyclic amines) is 1. The molecule has 2 aliphatic rings. The van der Waals surface area contributed by atoms with Crippen molar-refractivity contribution in [2.45, 2.75) is 38.1 Å². The molecule has 1 aromatic rings. The van der Waals surface area contributed by atoms with Gasteiger partial charge >= 0.3 is 0 Å². The van der Waals surface area contributed by atoms with Gasteiger partial charge in [-0.3, -0.25) is 14.6 Å². The fourth-order valence-corrected chi connectivity index (χ4v) is 3.52. The second kappa shape index (κ2) is 9.73. The van der Waals surface area contributed by atoms with Crippen LogP contribution in [0.2, 0.25) is 0 Å². The number of carbonyl (C=O) groups is 2. The van der Waals surface area contributed by atoms with E-state index in [-0.39, 0.29) is 30.3 Å². The summed E-state index contributed by atoms with van der Waals surface area (Å²) in [6.07, 6.45) is 7.92. The van der Waals surface area contributed by atoms with Crippen LogP contribution in [0.4, 0.5) is 0 Å². The fraction of sp³-hybridized carbons (Fsp3) is 0.611. The number of nitrogens with one attached hydrogen (secondary N) is 2. The SMILES string of the molecule is Cl.O=C(NCC1CCCN(C(=O)Cc2cccnc2)C1)C1CCCN1. The molecule has 3 rings (SSSR count). The highest BCUT2D eigenvalue weighted by Gasteiger charge is 2.26. The highest BCUT2D eigenvalue weighted by atomic mass is 35.5. The van der Waals surface area contributed by atoms with Crippen LogP contribution in [0.1, 0.15) is 31.2 Å². The third-order valence-corrected chi connectivity index (χ3v) is 4.89. The van der Waals surface area contributed by atoms with E-state index in [9.17, 15) is 9.59 Å². The van der Waals surface area contributed by atoms with Crippen LogP contribution in [0.15, 0.2) is 24.5 Å². The van der Waals surface area contributed by atoms with Crippen LogP contribution >= 0.6 is 12.4 Å². The molecule has 0 aliphatic carbocycles. The van der Waals surface area contributed by atoms with Crippen LogP contribution < -0.4 is 10.6 Å². The summed E-state index contributed by atoms with van der Waals surface area (Å²) < 4.78 is 0. The molecular weight excluding hydrogens is 340 g/mol. The standard InChI is InChI=1S/C18H26N4O2.ClH/c23-17(10-14-4-1-7-19-11-14)22-9-3-5-15(13-22)12-21-18(24)16-6-2-8-20-16;/h1,4,7,11,15-16,20H,2-3,5-6,8-10,12-13H2,(H,21,24);1H. The second-order valence-corrected chi connectivity index (χ2v) is 6.78. The summed E-state index contributed by atoms with van der Waals surface area (Å²) in [4.78, 5) is 30.5. The number of nitrogens with zero attached hydrogens (tertiary/aromatic N) is 2. The first-order valence-corrected chi connectivity index (χ1v) is 8.90. The molecule has 2 fully saturated rings. The van der Waals surface area contributed by atoms with Gasteiger partial charge in [-0.15, -0.1) is 12.4 Å². The number of hydrogen-bond acceptors (Lipinski definition) is 4. The Morgan fingerprint density at radius 2 is 2.20 bits per heavy atom. The molecule has 0 saturated carbocycles. The van der Waals surface area contributed by atoms with Gasteiger partial charge in [-0.25, -0.2) is 0 Å². The van der Waals surface area contributed by atoms with Crippen molar-refractivity contribution >= 4 is 24.2 Å². The molecule has 25 heavy (non-hydrogen) atoms. The van der Waals surface area contributed by atoms with Crippen LogP contribution in [0.3, 0.4) is 0 Å². The predicted molar refractivity (Wildman–Crippen MR) is 98.5 cm³/mol. The van der Waals surface area contributed by atoms with E-state index in [4.69, 9.17) is 0 Å². The van der Waals surface area contributed by atoms with E-state index in [1.807, 2.05) is 17.0 Å². The van der Waals surface area contributed by atoms with E-state index in [1.54, 1.807) is 12.4 Å². The molecule has 0 aromatic carbocycles. The molecular formula is C18H27ClN4O2. The Bertz CT molecular complexity index is 563. The number of piperidine rings is 1. The topological polar surface area (TPSA) is 74.3 Å². The Morgan fingerprint density at radius 1 is 1.32 bits per heavy atom. The van der Waals surface area contributed by atoms with Crippen molar-refractivity contribution in [3.8, 4) is 0 Å². The van der Waals surface area contributed by atoms with Gasteiger partial charge < -0.3 is 15.5 Å². The second-order valence-electron chi connectivity index (χ2n) is 6.78. The molecule has 1 aromatic heterocycles. The summed E-state index contributed by atoms with van der Waals surface area (Å²) >= 11 is 0. The van der Waals surface area contributed by atoms with Crippen molar-refractivity contribution in [3.63, 3.8) is 0 Å². The van der Waals surface area contributed by atoms with Crippen molar-refractivity contribution in [1.82, 2.24) is 20.5 Å². The number of hydrogen-bond donors (Lipinski definition) is 2. The summed E-state index contributed by atoms with van der Waals surface area (Å²) in [5, 5.41) is 6.27. The average Bonchev–Trinajstić information content (AvgIpc) is 3.15. The van der Waals surface area contributed by atoms with Crippen LogP contribution in [-0.2, 0) is 16.0 Å². The molecule has 0 bridgehead atoms. The lowest BCUT2D eigenvalue weighted by atomic mass is 9.97. The highest BCUT2D eigenvalue weighted by molar-refractivity contribution is 5.85. The number of rotatable bonds is 5. The number of amides is 2.